The first-order chi connectivity index (χ1) is 9.12. The number of anilines is 1. The minimum atomic E-state index is 0.456. The molecule has 0 aromatic carbocycles. The zero-order valence-electron chi connectivity index (χ0n) is 11.5. The van der Waals surface area contributed by atoms with Gasteiger partial charge in [-0.1, -0.05) is 0 Å². The van der Waals surface area contributed by atoms with Gasteiger partial charge < -0.3 is 14.8 Å². The van der Waals surface area contributed by atoms with Crippen LogP contribution in [0, 0.1) is 6.92 Å². The molecule has 0 saturated carbocycles. The summed E-state index contributed by atoms with van der Waals surface area (Å²) < 4.78 is 12.0. The summed E-state index contributed by atoms with van der Waals surface area (Å²) in [5, 5.41) is 7.41. The van der Waals surface area contributed by atoms with E-state index in [2.05, 4.69) is 20.4 Å². The van der Waals surface area contributed by atoms with Gasteiger partial charge in [0, 0.05) is 25.4 Å². The van der Waals surface area contributed by atoms with Gasteiger partial charge in [-0.15, -0.1) is 0 Å². The van der Waals surface area contributed by atoms with Gasteiger partial charge in [0.05, 0.1) is 26.0 Å². The summed E-state index contributed by atoms with van der Waals surface area (Å²) in [7, 11) is 5.00. The Morgan fingerprint density at radius 3 is 2.32 bits per heavy atom. The Bertz CT molecular complexity index is 545. The zero-order valence-corrected chi connectivity index (χ0v) is 11.5. The van der Waals surface area contributed by atoms with Gasteiger partial charge in [-0.25, -0.2) is 0 Å². The van der Waals surface area contributed by atoms with E-state index >= 15 is 0 Å². The van der Waals surface area contributed by atoms with E-state index in [1.807, 2.05) is 20.2 Å². The van der Waals surface area contributed by atoms with Crippen molar-refractivity contribution in [3.63, 3.8) is 0 Å². The average molecular weight is 263 g/mol. The molecule has 0 atom stereocenters. The molecule has 2 heterocycles. The number of nitrogens with zero attached hydrogens (tertiary/aromatic N) is 4. The van der Waals surface area contributed by atoms with Crippen molar-refractivity contribution in [1.82, 2.24) is 19.7 Å². The van der Waals surface area contributed by atoms with Crippen LogP contribution in [0.2, 0.25) is 0 Å². The van der Waals surface area contributed by atoms with Crippen LogP contribution in [-0.4, -0.2) is 34.0 Å². The molecule has 2 rings (SSSR count). The highest BCUT2D eigenvalue weighted by Gasteiger charge is 2.07. The number of ether oxygens (including phenoxy) is 2. The third-order valence-corrected chi connectivity index (χ3v) is 2.65. The van der Waals surface area contributed by atoms with Crippen molar-refractivity contribution in [2.45, 2.75) is 13.5 Å². The fourth-order valence-electron chi connectivity index (χ4n) is 1.69. The monoisotopic (exact) mass is 263 g/mol. The van der Waals surface area contributed by atoms with Gasteiger partial charge in [-0.3, -0.25) is 4.68 Å². The first-order valence-electron chi connectivity index (χ1n) is 5.82. The van der Waals surface area contributed by atoms with E-state index in [0.717, 1.165) is 11.3 Å². The number of nitrogens with one attached hydrogen (secondary N) is 1. The summed E-state index contributed by atoms with van der Waals surface area (Å²) in [5.74, 6) is 1.37. The minimum Gasteiger partial charge on any atom is -0.481 e. The fraction of sp³-hybridized carbons (Fsp3) is 0.417. The smallest absolute Gasteiger partial charge is 0.229 e. The Hall–Kier alpha value is -2.31. The number of aromatic nitrogens is 4. The van der Waals surface area contributed by atoms with E-state index < -0.39 is 0 Å². The highest BCUT2D eigenvalue weighted by molar-refractivity contribution is 5.35. The van der Waals surface area contributed by atoms with E-state index in [-0.39, 0.29) is 0 Å². The second kappa shape index (κ2) is 5.55. The van der Waals surface area contributed by atoms with Crippen LogP contribution in [0.1, 0.15) is 11.3 Å². The summed E-state index contributed by atoms with van der Waals surface area (Å²) in [6.45, 7) is 2.56. The van der Waals surface area contributed by atoms with Crippen molar-refractivity contribution >= 4 is 5.95 Å². The molecule has 7 heteroatoms. The maximum atomic E-state index is 5.09. The van der Waals surface area contributed by atoms with Gasteiger partial charge in [0.25, 0.3) is 0 Å². The number of hydrogen-bond donors (Lipinski definition) is 1. The van der Waals surface area contributed by atoms with Crippen LogP contribution in [0.3, 0.4) is 0 Å². The fourth-order valence-corrected chi connectivity index (χ4v) is 1.69. The second-order valence-electron chi connectivity index (χ2n) is 4.04. The molecule has 0 amide bonds. The Labute approximate surface area is 111 Å². The molecule has 0 saturated heterocycles. The van der Waals surface area contributed by atoms with E-state index in [0.29, 0.717) is 24.3 Å². The lowest BCUT2D eigenvalue weighted by atomic mass is 10.3. The number of aryl methyl sites for hydroxylation is 2. The second-order valence-corrected chi connectivity index (χ2v) is 4.04. The van der Waals surface area contributed by atoms with E-state index in [1.165, 1.54) is 0 Å². The van der Waals surface area contributed by atoms with E-state index in [9.17, 15) is 0 Å². The lowest BCUT2D eigenvalue weighted by Crippen LogP contribution is -2.05. The highest BCUT2D eigenvalue weighted by atomic mass is 16.5. The average Bonchev–Trinajstić information content (AvgIpc) is 2.74. The van der Waals surface area contributed by atoms with Gasteiger partial charge >= 0.3 is 0 Å². The molecule has 2 aromatic rings. The van der Waals surface area contributed by atoms with Gasteiger partial charge in [-0.2, -0.15) is 15.1 Å². The molecule has 7 nitrogen and oxygen atoms in total. The molecule has 19 heavy (non-hydrogen) atoms. The summed E-state index contributed by atoms with van der Waals surface area (Å²) >= 11 is 0. The maximum absolute atomic E-state index is 5.09. The van der Waals surface area contributed by atoms with Crippen molar-refractivity contribution < 1.29 is 9.47 Å². The van der Waals surface area contributed by atoms with E-state index in [1.54, 1.807) is 25.0 Å². The van der Waals surface area contributed by atoms with Crippen LogP contribution in [0.5, 0.6) is 11.8 Å². The lowest BCUT2D eigenvalue weighted by Gasteiger charge is -2.07. The normalized spacial score (nSPS) is 10.3. The number of methoxy groups -OCH3 is 2. The largest absolute Gasteiger partial charge is 0.481 e. The predicted octanol–water partition coefficient (Wildman–Crippen LogP) is 1.15. The first-order valence-corrected chi connectivity index (χ1v) is 5.82. The van der Waals surface area contributed by atoms with Gasteiger partial charge in [0.2, 0.25) is 17.7 Å². The van der Waals surface area contributed by atoms with Crippen LogP contribution in [-0.2, 0) is 13.6 Å². The molecule has 0 spiro atoms. The molecule has 0 radical (unpaired) electrons. The molecule has 0 aliphatic heterocycles. The van der Waals surface area contributed by atoms with Crippen LogP contribution in [0.25, 0.3) is 0 Å². The molecule has 0 aliphatic carbocycles. The molecular weight excluding hydrogens is 246 g/mol. The Morgan fingerprint density at radius 1 is 1.21 bits per heavy atom. The quantitative estimate of drug-likeness (QED) is 0.872. The Balaban J connectivity index is 2.12. The van der Waals surface area contributed by atoms with Crippen LogP contribution in [0.15, 0.2) is 12.3 Å². The summed E-state index contributed by atoms with van der Waals surface area (Å²) in [6, 6.07) is 1.63. The topological polar surface area (TPSA) is 74.1 Å². The van der Waals surface area contributed by atoms with Crippen LogP contribution in [0.4, 0.5) is 5.95 Å². The lowest BCUT2D eigenvalue weighted by molar-refractivity contribution is 0.373. The number of rotatable bonds is 5. The maximum Gasteiger partial charge on any atom is 0.229 e. The highest BCUT2D eigenvalue weighted by Crippen LogP contribution is 2.18. The number of hydrogen-bond acceptors (Lipinski definition) is 6. The van der Waals surface area contributed by atoms with Gasteiger partial charge in [-0.05, 0) is 6.92 Å². The standard InChI is InChI=1S/C12H17N5O2/c1-8-9(7-17(2)16-8)6-13-12-14-10(18-3)5-11(15-12)19-4/h5,7H,6H2,1-4H3,(H,13,14,15). The van der Waals surface area contributed by atoms with Crippen molar-refractivity contribution in [3.05, 3.63) is 23.5 Å². The molecule has 0 bridgehead atoms. The molecular formula is C12H17N5O2. The van der Waals surface area contributed by atoms with Gasteiger partial charge in [0.1, 0.15) is 0 Å². The van der Waals surface area contributed by atoms with Crippen molar-refractivity contribution in [2.75, 3.05) is 19.5 Å². The predicted molar refractivity (Wildman–Crippen MR) is 70.4 cm³/mol. The summed E-state index contributed by atoms with van der Waals surface area (Å²) in [5.41, 5.74) is 2.07. The molecule has 0 aliphatic rings. The van der Waals surface area contributed by atoms with Crippen molar-refractivity contribution in [3.8, 4) is 11.8 Å². The summed E-state index contributed by atoms with van der Waals surface area (Å²) in [4.78, 5) is 8.40. The van der Waals surface area contributed by atoms with Crippen LogP contribution >= 0.6 is 0 Å². The Kier molecular flexibility index (Phi) is 3.84. The van der Waals surface area contributed by atoms with Crippen molar-refractivity contribution in [1.29, 1.82) is 0 Å². The third kappa shape index (κ3) is 3.12. The minimum absolute atomic E-state index is 0.456. The summed E-state index contributed by atoms with van der Waals surface area (Å²) in [6.07, 6.45) is 1.96. The Morgan fingerprint density at radius 2 is 1.84 bits per heavy atom. The zero-order chi connectivity index (χ0) is 13.8. The molecule has 0 fully saturated rings. The molecule has 0 unspecified atom stereocenters. The third-order valence-electron chi connectivity index (χ3n) is 2.65. The molecule has 102 valence electrons. The SMILES string of the molecule is COc1cc(OC)nc(NCc2cn(C)nc2C)n1. The molecule has 2 aromatic heterocycles. The van der Waals surface area contributed by atoms with Crippen LogP contribution < -0.4 is 14.8 Å². The molecule has 1 N–H and O–H groups in total. The van der Waals surface area contributed by atoms with Crippen molar-refractivity contribution in [2.24, 2.45) is 7.05 Å². The first kappa shape index (κ1) is 13.1. The van der Waals surface area contributed by atoms with Gasteiger partial charge in [0.15, 0.2) is 0 Å². The van der Waals surface area contributed by atoms with E-state index in [4.69, 9.17) is 9.47 Å².